The largest absolute Gasteiger partial charge is 0.356 e. The van der Waals surface area contributed by atoms with Crippen molar-refractivity contribution in [2.24, 2.45) is 0 Å². The molecule has 1 aliphatic heterocycles. The summed E-state index contributed by atoms with van der Waals surface area (Å²) >= 11 is 0. The Bertz CT molecular complexity index is 643. The normalized spacial score (nSPS) is 15.2. The molecule has 20 heavy (non-hydrogen) atoms. The molecule has 0 spiro atoms. The molecule has 2 aromatic rings. The van der Waals surface area contributed by atoms with Gasteiger partial charge in [0.2, 0.25) is 0 Å². The summed E-state index contributed by atoms with van der Waals surface area (Å²) in [6.07, 6.45) is 3.30. The van der Waals surface area contributed by atoms with Crippen LogP contribution in [0.25, 0.3) is 10.9 Å². The molecule has 104 valence electrons. The highest BCUT2D eigenvalue weighted by molar-refractivity contribution is 5.92. The highest BCUT2D eigenvalue weighted by atomic mass is 16.1. The first-order valence-corrected chi connectivity index (χ1v) is 7.34. The zero-order valence-electron chi connectivity index (χ0n) is 12.1. The van der Waals surface area contributed by atoms with Crippen LogP contribution in [0, 0.1) is 0 Å². The molecule has 1 saturated heterocycles. The maximum atomic E-state index is 11.4. The first kappa shape index (κ1) is 13.1. The average Bonchev–Trinajstić information content (AvgIpc) is 2.99. The number of hydrogen-bond donors (Lipinski definition) is 0. The summed E-state index contributed by atoms with van der Waals surface area (Å²) in [4.78, 5) is 18.3. The van der Waals surface area contributed by atoms with Gasteiger partial charge >= 0.3 is 0 Å². The summed E-state index contributed by atoms with van der Waals surface area (Å²) in [5, 5.41) is 1.06. The smallest absolute Gasteiger partial charge is 0.153 e. The number of fused-ring (bicyclic) bond motifs is 1. The van der Waals surface area contributed by atoms with Crippen LogP contribution in [0.4, 0.5) is 5.82 Å². The van der Waals surface area contributed by atoms with Crippen LogP contribution in [0.1, 0.15) is 48.5 Å². The Labute approximate surface area is 119 Å². The first-order chi connectivity index (χ1) is 9.69. The number of aldehydes is 1. The van der Waals surface area contributed by atoms with E-state index in [2.05, 4.69) is 36.9 Å². The lowest BCUT2D eigenvalue weighted by molar-refractivity contribution is 0.112. The Morgan fingerprint density at radius 1 is 1.20 bits per heavy atom. The van der Waals surface area contributed by atoms with Gasteiger partial charge in [0.25, 0.3) is 0 Å². The average molecular weight is 268 g/mol. The molecule has 0 amide bonds. The van der Waals surface area contributed by atoms with Gasteiger partial charge in [-0.15, -0.1) is 0 Å². The van der Waals surface area contributed by atoms with Gasteiger partial charge in [-0.2, -0.15) is 0 Å². The Morgan fingerprint density at radius 3 is 2.60 bits per heavy atom. The van der Waals surface area contributed by atoms with Crippen molar-refractivity contribution in [3.05, 3.63) is 35.4 Å². The third-order valence-electron chi connectivity index (χ3n) is 4.05. The predicted molar refractivity (Wildman–Crippen MR) is 82.7 cm³/mol. The minimum atomic E-state index is 0.484. The fourth-order valence-electron chi connectivity index (χ4n) is 2.83. The van der Waals surface area contributed by atoms with E-state index in [-0.39, 0.29) is 0 Å². The van der Waals surface area contributed by atoms with Crippen molar-refractivity contribution >= 4 is 23.0 Å². The van der Waals surface area contributed by atoms with E-state index in [1.807, 2.05) is 6.07 Å². The maximum absolute atomic E-state index is 11.4. The molecule has 0 bridgehead atoms. The molecule has 0 atom stereocenters. The number of hydrogen-bond acceptors (Lipinski definition) is 3. The van der Waals surface area contributed by atoms with Gasteiger partial charge in [-0.3, -0.25) is 4.79 Å². The summed E-state index contributed by atoms with van der Waals surface area (Å²) < 4.78 is 0. The van der Waals surface area contributed by atoms with Crippen LogP contribution < -0.4 is 4.90 Å². The lowest BCUT2D eigenvalue weighted by Gasteiger charge is -2.19. The number of carbonyl (C=O) groups excluding carboxylic acids is 1. The summed E-state index contributed by atoms with van der Waals surface area (Å²) in [6.45, 7) is 6.36. The third kappa shape index (κ3) is 2.28. The molecule has 0 N–H and O–H groups in total. The van der Waals surface area contributed by atoms with Crippen LogP contribution in [0.3, 0.4) is 0 Å². The van der Waals surface area contributed by atoms with Gasteiger partial charge in [-0.1, -0.05) is 19.9 Å². The van der Waals surface area contributed by atoms with Crippen LogP contribution in [0.5, 0.6) is 0 Å². The number of benzene rings is 1. The lowest BCUT2D eigenvalue weighted by atomic mass is 10.0. The van der Waals surface area contributed by atoms with E-state index in [9.17, 15) is 4.79 Å². The standard InChI is InChI=1S/C17H20N2O/c1-12(2)13-5-6-16-14(9-13)10-15(11-20)17(18-16)19-7-3-4-8-19/h5-6,9-12H,3-4,7-8H2,1-2H3. The quantitative estimate of drug-likeness (QED) is 0.794. The SMILES string of the molecule is CC(C)c1ccc2nc(N3CCCC3)c(C=O)cc2c1. The molecule has 0 aliphatic carbocycles. The highest BCUT2D eigenvalue weighted by Gasteiger charge is 2.18. The minimum Gasteiger partial charge on any atom is -0.356 e. The van der Waals surface area contributed by atoms with E-state index in [0.717, 1.165) is 36.1 Å². The van der Waals surface area contributed by atoms with E-state index in [1.54, 1.807) is 0 Å². The van der Waals surface area contributed by atoms with Crippen molar-refractivity contribution in [1.82, 2.24) is 4.98 Å². The topological polar surface area (TPSA) is 33.2 Å². The molecule has 0 unspecified atom stereocenters. The van der Waals surface area contributed by atoms with E-state index >= 15 is 0 Å². The summed E-state index contributed by atoms with van der Waals surface area (Å²) in [7, 11) is 0. The van der Waals surface area contributed by atoms with Crippen LogP contribution in [0.15, 0.2) is 24.3 Å². The molecule has 1 aliphatic rings. The molecule has 3 rings (SSSR count). The van der Waals surface area contributed by atoms with Gasteiger partial charge in [0.05, 0.1) is 11.1 Å². The van der Waals surface area contributed by atoms with E-state index in [4.69, 9.17) is 4.98 Å². The fraction of sp³-hybridized carbons (Fsp3) is 0.412. The maximum Gasteiger partial charge on any atom is 0.153 e. The predicted octanol–water partition coefficient (Wildman–Crippen LogP) is 3.77. The second-order valence-electron chi connectivity index (χ2n) is 5.82. The van der Waals surface area contributed by atoms with Gasteiger partial charge in [0, 0.05) is 18.5 Å². The summed E-state index contributed by atoms with van der Waals surface area (Å²) in [5.41, 5.74) is 2.97. The molecule has 3 heteroatoms. The second-order valence-corrected chi connectivity index (χ2v) is 5.82. The monoisotopic (exact) mass is 268 g/mol. The molecule has 1 aromatic carbocycles. The Balaban J connectivity index is 2.12. The molecule has 1 fully saturated rings. The summed E-state index contributed by atoms with van der Waals surface area (Å²) in [5.74, 6) is 1.33. The number of nitrogens with zero attached hydrogens (tertiary/aromatic N) is 2. The van der Waals surface area contributed by atoms with Crippen molar-refractivity contribution in [3.63, 3.8) is 0 Å². The number of carbonyl (C=O) groups is 1. The third-order valence-corrected chi connectivity index (χ3v) is 4.05. The van der Waals surface area contributed by atoms with Crippen LogP contribution in [0.2, 0.25) is 0 Å². The van der Waals surface area contributed by atoms with Crippen molar-refractivity contribution in [1.29, 1.82) is 0 Å². The van der Waals surface area contributed by atoms with Gasteiger partial charge < -0.3 is 4.90 Å². The number of aromatic nitrogens is 1. The van der Waals surface area contributed by atoms with Gasteiger partial charge in [-0.05, 0) is 42.5 Å². The van der Waals surface area contributed by atoms with Crippen molar-refractivity contribution in [3.8, 4) is 0 Å². The van der Waals surface area contributed by atoms with Crippen molar-refractivity contribution in [2.75, 3.05) is 18.0 Å². The van der Waals surface area contributed by atoms with E-state index in [1.165, 1.54) is 18.4 Å². The first-order valence-electron chi connectivity index (χ1n) is 7.34. The van der Waals surface area contributed by atoms with Crippen LogP contribution in [-0.2, 0) is 0 Å². The molecule has 1 aromatic heterocycles. The minimum absolute atomic E-state index is 0.484. The van der Waals surface area contributed by atoms with Crippen molar-refractivity contribution in [2.45, 2.75) is 32.6 Å². The van der Waals surface area contributed by atoms with E-state index < -0.39 is 0 Å². The number of anilines is 1. The zero-order chi connectivity index (χ0) is 14.1. The van der Waals surface area contributed by atoms with Gasteiger partial charge in [0.15, 0.2) is 6.29 Å². The Kier molecular flexibility index (Phi) is 3.43. The number of pyridine rings is 1. The van der Waals surface area contributed by atoms with E-state index in [0.29, 0.717) is 11.5 Å². The second kappa shape index (κ2) is 5.23. The van der Waals surface area contributed by atoms with Gasteiger partial charge in [0.1, 0.15) is 5.82 Å². The molecule has 0 saturated carbocycles. The number of rotatable bonds is 3. The highest BCUT2D eigenvalue weighted by Crippen LogP contribution is 2.27. The summed E-state index contributed by atoms with van der Waals surface area (Å²) in [6, 6.07) is 8.33. The van der Waals surface area contributed by atoms with Gasteiger partial charge in [-0.25, -0.2) is 4.98 Å². The van der Waals surface area contributed by atoms with Crippen LogP contribution >= 0.6 is 0 Å². The molecule has 2 heterocycles. The molecule has 3 nitrogen and oxygen atoms in total. The molecular weight excluding hydrogens is 248 g/mol. The lowest BCUT2D eigenvalue weighted by Crippen LogP contribution is -2.20. The Morgan fingerprint density at radius 2 is 1.95 bits per heavy atom. The fourth-order valence-corrected chi connectivity index (χ4v) is 2.83. The molecule has 0 radical (unpaired) electrons. The molecular formula is C17H20N2O. The van der Waals surface area contributed by atoms with Crippen LogP contribution in [-0.4, -0.2) is 24.4 Å². The zero-order valence-corrected chi connectivity index (χ0v) is 12.1. The Hall–Kier alpha value is -1.90. The van der Waals surface area contributed by atoms with Crippen molar-refractivity contribution < 1.29 is 4.79 Å².